The molecule has 0 radical (unpaired) electrons. The smallest absolute Gasteiger partial charge is 0.329 e. The summed E-state index contributed by atoms with van der Waals surface area (Å²) in [4.78, 5) is 32.8. The van der Waals surface area contributed by atoms with Crippen LogP contribution in [-0.4, -0.2) is 43.2 Å². The number of nitrogens with one attached hydrogen (secondary N) is 2. The topological polar surface area (TPSA) is 123 Å². The molecule has 2 N–H and O–H groups in total. The van der Waals surface area contributed by atoms with Crippen LogP contribution in [0.5, 0.6) is 0 Å². The maximum absolute atomic E-state index is 11.4. The van der Waals surface area contributed by atoms with Crippen LogP contribution < -0.4 is 10.7 Å². The van der Waals surface area contributed by atoms with E-state index < -0.39 is 16.7 Å². The van der Waals surface area contributed by atoms with E-state index in [1.165, 1.54) is 31.5 Å². The number of nitrogens with zero attached hydrogens (tertiary/aromatic N) is 2. The Morgan fingerprint density at radius 3 is 2.86 bits per heavy atom. The van der Waals surface area contributed by atoms with E-state index in [2.05, 4.69) is 10.4 Å². The average Bonchev–Trinajstić information content (AvgIpc) is 2.51. The van der Waals surface area contributed by atoms with Gasteiger partial charge in [0.1, 0.15) is 0 Å². The first-order chi connectivity index (χ1) is 10.5. The van der Waals surface area contributed by atoms with Crippen LogP contribution >= 0.6 is 0 Å². The highest BCUT2D eigenvalue weighted by molar-refractivity contribution is 6.35. The van der Waals surface area contributed by atoms with E-state index in [9.17, 15) is 19.7 Å². The van der Waals surface area contributed by atoms with Gasteiger partial charge in [-0.25, -0.2) is 5.43 Å². The lowest BCUT2D eigenvalue weighted by Gasteiger charge is -2.03. The Labute approximate surface area is 126 Å². The van der Waals surface area contributed by atoms with Crippen molar-refractivity contribution in [2.75, 3.05) is 20.3 Å². The van der Waals surface area contributed by atoms with E-state index in [-0.39, 0.29) is 5.69 Å². The number of ether oxygens (including phenoxy) is 1. The third kappa shape index (κ3) is 6.09. The highest BCUT2D eigenvalue weighted by Gasteiger charge is 2.11. The molecule has 0 aliphatic carbocycles. The molecule has 1 aromatic carbocycles. The molecule has 0 saturated carbocycles. The number of hydrazone groups is 1. The van der Waals surface area contributed by atoms with Crippen LogP contribution in [0.3, 0.4) is 0 Å². The summed E-state index contributed by atoms with van der Waals surface area (Å²) in [7, 11) is 1.54. The summed E-state index contributed by atoms with van der Waals surface area (Å²) in [6.07, 6.45) is 1.80. The summed E-state index contributed by atoms with van der Waals surface area (Å²) >= 11 is 0. The Morgan fingerprint density at radius 2 is 2.18 bits per heavy atom. The number of nitro groups is 1. The fourth-order valence-corrected chi connectivity index (χ4v) is 1.43. The standard InChI is InChI=1S/C13H16N4O5/c1-22-7-3-6-14-12(18)13(19)16-15-9-10-4-2-5-11(8-10)17(20)21/h2,4-5,8-9H,3,6-7H2,1H3,(H,14,18)(H,16,19)/b15-9+. The van der Waals surface area contributed by atoms with Crippen molar-refractivity contribution >= 4 is 23.7 Å². The molecule has 1 aromatic rings. The molecule has 0 atom stereocenters. The van der Waals surface area contributed by atoms with E-state index in [1.807, 2.05) is 5.43 Å². The molecule has 0 bridgehead atoms. The number of hydrogen-bond acceptors (Lipinski definition) is 6. The van der Waals surface area contributed by atoms with Gasteiger partial charge in [-0.3, -0.25) is 19.7 Å². The maximum Gasteiger partial charge on any atom is 0.329 e. The predicted octanol–water partition coefficient (Wildman–Crippen LogP) is 0.198. The molecule has 0 fully saturated rings. The fourth-order valence-electron chi connectivity index (χ4n) is 1.43. The van der Waals surface area contributed by atoms with Crippen molar-refractivity contribution in [1.82, 2.24) is 10.7 Å². The molecule has 0 unspecified atom stereocenters. The van der Waals surface area contributed by atoms with Gasteiger partial charge in [0.25, 0.3) is 5.69 Å². The van der Waals surface area contributed by atoms with Crippen molar-refractivity contribution in [2.45, 2.75) is 6.42 Å². The second kappa shape index (κ2) is 9.19. The van der Waals surface area contributed by atoms with Crippen LogP contribution in [0, 0.1) is 10.1 Å². The number of benzene rings is 1. The SMILES string of the molecule is COCCCNC(=O)C(=O)N/N=C/c1cccc([N+](=O)[O-])c1. The first kappa shape index (κ1) is 17.2. The van der Waals surface area contributed by atoms with Crippen LogP contribution in [0.2, 0.25) is 0 Å². The summed E-state index contributed by atoms with van der Waals surface area (Å²) in [6, 6.07) is 5.70. The predicted molar refractivity (Wildman–Crippen MR) is 78.3 cm³/mol. The molecule has 0 spiro atoms. The zero-order valence-electron chi connectivity index (χ0n) is 11.9. The highest BCUT2D eigenvalue weighted by Crippen LogP contribution is 2.11. The number of amides is 2. The van der Waals surface area contributed by atoms with Gasteiger partial charge in [-0.05, 0) is 6.42 Å². The van der Waals surface area contributed by atoms with E-state index >= 15 is 0 Å². The molecule has 9 nitrogen and oxygen atoms in total. The van der Waals surface area contributed by atoms with Gasteiger partial charge in [0.2, 0.25) is 0 Å². The van der Waals surface area contributed by atoms with Gasteiger partial charge in [-0.15, -0.1) is 0 Å². The summed E-state index contributed by atoms with van der Waals surface area (Å²) in [6.45, 7) is 0.793. The van der Waals surface area contributed by atoms with Crippen molar-refractivity contribution in [3.63, 3.8) is 0 Å². The Balaban J connectivity index is 2.44. The third-order valence-corrected chi connectivity index (χ3v) is 2.48. The van der Waals surface area contributed by atoms with Crippen molar-refractivity contribution in [3.05, 3.63) is 39.9 Å². The monoisotopic (exact) mass is 308 g/mol. The van der Waals surface area contributed by atoms with Crippen LogP contribution in [0.1, 0.15) is 12.0 Å². The summed E-state index contributed by atoms with van der Waals surface area (Å²) in [5.74, 6) is -1.73. The molecule has 118 valence electrons. The van der Waals surface area contributed by atoms with Gasteiger partial charge in [0, 0.05) is 38.0 Å². The van der Waals surface area contributed by atoms with Gasteiger partial charge in [0.15, 0.2) is 0 Å². The van der Waals surface area contributed by atoms with Gasteiger partial charge in [0.05, 0.1) is 11.1 Å². The highest BCUT2D eigenvalue weighted by atomic mass is 16.6. The Kier molecular flexibility index (Phi) is 7.20. The second-order valence-electron chi connectivity index (χ2n) is 4.15. The molecular formula is C13H16N4O5. The number of carbonyl (C=O) groups is 2. The Morgan fingerprint density at radius 1 is 1.41 bits per heavy atom. The number of non-ortho nitro benzene ring substituents is 1. The number of carbonyl (C=O) groups excluding carboxylic acids is 2. The van der Waals surface area contributed by atoms with Gasteiger partial charge in [-0.1, -0.05) is 12.1 Å². The van der Waals surface area contributed by atoms with Gasteiger partial charge in [-0.2, -0.15) is 5.10 Å². The van der Waals surface area contributed by atoms with E-state index in [1.54, 1.807) is 6.07 Å². The van der Waals surface area contributed by atoms with Crippen LogP contribution in [-0.2, 0) is 14.3 Å². The van der Waals surface area contributed by atoms with Gasteiger partial charge < -0.3 is 10.1 Å². The third-order valence-electron chi connectivity index (χ3n) is 2.48. The fraction of sp³-hybridized carbons (Fsp3) is 0.308. The van der Waals surface area contributed by atoms with Gasteiger partial charge >= 0.3 is 11.8 Å². The molecule has 9 heteroatoms. The number of methoxy groups -OCH3 is 1. The first-order valence-corrected chi connectivity index (χ1v) is 6.39. The normalized spacial score (nSPS) is 10.4. The maximum atomic E-state index is 11.4. The molecule has 0 heterocycles. The van der Waals surface area contributed by atoms with Crippen molar-refractivity contribution in [2.24, 2.45) is 5.10 Å². The second-order valence-corrected chi connectivity index (χ2v) is 4.15. The Bertz CT molecular complexity index is 573. The minimum absolute atomic E-state index is 0.0915. The average molecular weight is 308 g/mol. The number of hydrogen-bond donors (Lipinski definition) is 2. The number of rotatable bonds is 7. The minimum Gasteiger partial charge on any atom is -0.385 e. The molecule has 22 heavy (non-hydrogen) atoms. The first-order valence-electron chi connectivity index (χ1n) is 6.39. The summed E-state index contributed by atoms with van der Waals surface area (Å²) in [5.41, 5.74) is 2.37. The Hall–Kier alpha value is -2.81. The summed E-state index contributed by atoms with van der Waals surface area (Å²) < 4.78 is 4.80. The minimum atomic E-state index is -0.918. The number of nitro benzene ring substituents is 1. The molecule has 0 aromatic heterocycles. The lowest BCUT2D eigenvalue weighted by atomic mass is 10.2. The van der Waals surface area contributed by atoms with Crippen LogP contribution in [0.15, 0.2) is 29.4 Å². The van der Waals surface area contributed by atoms with E-state index in [0.717, 1.165) is 0 Å². The summed E-state index contributed by atoms with van der Waals surface area (Å²) in [5, 5.41) is 16.6. The van der Waals surface area contributed by atoms with E-state index in [0.29, 0.717) is 25.1 Å². The zero-order chi connectivity index (χ0) is 16.4. The molecule has 2 amide bonds. The zero-order valence-corrected chi connectivity index (χ0v) is 11.9. The lowest BCUT2D eigenvalue weighted by Crippen LogP contribution is -2.38. The molecule has 1 rings (SSSR count). The molecule has 0 aliphatic rings. The van der Waals surface area contributed by atoms with E-state index in [4.69, 9.17) is 4.74 Å². The quantitative estimate of drug-likeness (QED) is 0.245. The van der Waals surface area contributed by atoms with Crippen molar-refractivity contribution in [1.29, 1.82) is 0 Å². The largest absolute Gasteiger partial charge is 0.385 e. The van der Waals surface area contributed by atoms with Crippen LogP contribution in [0.4, 0.5) is 5.69 Å². The molecule has 0 aliphatic heterocycles. The van der Waals surface area contributed by atoms with Crippen LogP contribution in [0.25, 0.3) is 0 Å². The lowest BCUT2D eigenvalue weighted by molar-refractivity contribution is -0.384. The van der Waals surface area contributed by atoms with Crippen molar-refractivity contribution in [3.8, 4) is 0 Å². The van der Waals surface area contributed by atoms with Crippen molar-refractivity contribution < 1.29 is 19.2 Å². The molecular weight excluding hydrogens is 292 g/mol. The molecule has 0 saturated heterocycles.